The van der Waals surface area contributed by atoms with Gasteiger partial charge in [-0.1, -0.05) is 6.92 Å². The summed E-state index contributed by atoms with van der Waals surface area (Å²) in [6.45, 7) is 1.69. The van der Waals surface area contributed by atoms with Crippen LogP contribution in [-0.4, -0.2) is 30.2 Å². The number of aliphatic carboxylic acids is 1. The molecule has 1 rings (SSSR count). The molecule has 1 unspecified atom stereocenters. The molecule has 0 spiro atoms. The molecule has 6 heteroatoms. The van der Waals surface area contributed by atoms with E-state index in [-0.39, 0.29) is 11.3 Å². The maximum Gasteiger partial charge on any atom is 0.340 e. The third-order valence-electron chi connectivity index (χ3n) is 2.42. The van der Waals surface area contributed by atoms with Crippen molar-refractivity contribution in [1.29, 1.82) is 0 Å². The van der Waals surface area contributed by atoms with Gasteiger partial charge in [-0.15, -0.1) is 0 Å². The van der Waals surface area contributed by atoms with Crippen LogP contribution in [0.5, 0.6) is 0 Å². The Morgan fingerprint density at radius 2 is 2.17 bits per heavy atom. The molecule has 5 nitrogen and oxygen atoms in total. The lowest BCUT2D eigenvalue weighted by Crippen LogP contribution is -2.29. The minimum atomic E-state index is -1.04. The molecule has 0 aliphatic carbocycles. The number of methoxy groups -OCH3 is 1. The highest BCUT2D eigenvalue weighted by Crippen LogP contribution is 2.19. The standard InChI is InChI=1S/C12H14FNO4/c1-3-9(11(15)16)14-10-5-4-7(13)6-8(10)12(17)18-2/h4-6,9,14H,3H2,1-2H3,(H,15,16). The van der Waals surface area contributed by atoms with Crippen molar-refractivity contribution < 1.29 is 23.8 Å². The summed E-state index contributed by atoms with van der Waals surface area (Å²) in [4.78, 5) is 22.3. The molecule has 0 bridgehead atoms. The quantitative estimate of drug-likeness (QED) is 0.786. The average Bonchev–Trinajstić information content (AvgIpc) is 2.35. The summed E-state index contributed by atoms with van der Waals surface area (Å²) in [7, 11) is 1.17. The Kier molecular flexibility index (Phi) is 4.65. The maximum atomic E-state index is 13.1. The van der Waals surface area contributed by atoms with Crippen LogP contribution in [0.1, 0.15) is 23.7 Å². The molecule has 2 N–H and O–H groups in total. The lowest BCUT2D eigenvalue weighted by atomic mass is 10.1. The van der Waals surface area contributed by atoms with E-state index in [4.69, 9.17) is 5.11 Å². The maximum absolute atomic E-state index is 13.1. The zero-order chi connectivity index (χ0) is 13.7. The van der Waals surface area contributed by atoms with Crippen molar-refractivity contribution in [2.75, 3.05) is 12.4 Å². The number of carbonyl (C=O) groups excluding carboxylic acids is 1. The molecule has 0 saturated heterocycles. The number of hydrogen-bond donors (Lipinski definition) is 2. The monoisotopic (exact) mass is 255 g/mol. The normalized spacial score (nSPS) is 11.7. The highest BCUT2D eigenvalue weighted by Gasteiger charge is 2.19. The summed E-state index contributed by atoms with van der Waals surface area (Å²) in [5.41, 5.74) is 0.203. The van der Waals surface area contributed by atoms with E-state index in [0.29, 0.717) is 6.42 Å². The molecule has 0 fully saturated rings. The fraction of sp³-hybridized carbons (Fsp3) is 0.333. The van der Waals surface area contributed by atoms with Crippen LogP contribution in [0, 0.1) is 5.82 Å². The third-order valence-corrected chi connectivity index (χ3v) is 2.42. The van der Waals surface area contributed by atoms with Crippen LogP contribution >= 0.6 is 0 Å². The molecule has 0 amide bonds. The first-order valence-electron chi connectivity index (χ1n) is 5.36. The zero-order valence-electron chi connectivity index (χ0n) is 10.1. The SMILES string of the molecule is CCC(Nc1ccc(F)cc1C(=O)OC)C(=O)O. The van der Waals surface area contributed by atoms with Crippen LogP contribution in [0.4, 0.5) is 10.1 Å². The zero-order valence-corrected chi connectivity index (χ0v) is 10.1. The lowest BCUT2D eigenvalue weighted by molar-refractivity contribution is -0.137. The van der Waals surface area contributed by atoms with Crippen LogP contribution in [0.25, 0.3) is 0 Å². The Morgan fingerprint density at radius 1 is 1.50 bits per heavy atom. The van der Waals surface area contributed by atoms with E-state index in [2.05, 4.69) is 10.1 Å². The van der Waals surface area contributed by atoms with E-state index >= 15 is 0 Å². The third kappa shape index (κ3) is 3.19. The number of carboxylic acids is 1. The summed E-state index contributed by atoms with van der Waals surface area (Å²) >= 11 is 0. The van der Waals surface area contributed by atoms with Gasteiger partial charge in [0.05, 0.1) is 12.7 Å². The van der Waals surface area contributed by atoms with Crippen LogP contribution in [0.3, 0.4) is 0 Å². The van der Waals surface area contributed by atoms with Gasteiger partial charge in [0.15, 0.2) is 0 Å². The summed E-state index contributed by atoms with van der Waals surface area (Å²) in [6.07, 6.45) is 0.327. The Labute approximate surface area is 104 Å². The molecule has 18 heavy (non-hydrogen) atoms. The van der Waals surface area contributed by atoms with Gasteiger partial charge in [-0.2, -0.15) is 0 Å². The minimum Gasteiger partial charge on any atom is -0.480 e. The first-order valence-corrected chi connectivity index (χ1v) is 5.36. The second-order valence-corrected chi connectivity index (χ2v) is 3.62. The van der Waals surface area contributed by atoms with Crippen LogP contribution in [0.2, 0.25) is 0 Å². The Morgan fingerprint density at radius 3 is 2.67 bits per heavy atom. The van der Waals surface area contributed by atoms with Crippen LogP contribution < -0.4 is 5.32 Å². The van der Waals surface area contributed by atoms with E-state index in [9.17, 15) is 14.0 Å². The number of esters is 1. The molecular formula is C12H14FNO4. The van der Waals surface area contributed by atoms with Crippen LogP contribution in [-0.2, 0) is 9.53 Å². The number of hydrogen-bond acceptors (Lipinski definition) is 4. The van der Waals surface area contributed by atoms with E-state index in [0.717, 1.165) is 12.1 Å². The van der Waals surface area contributed by atoms with Gasteiger partial charge < -0.3 is 15.2 Å². The van der Waals surface area contributed by atoms with E-state index in [1.165, 1.54) is 13.2 Å². The predicted molar refractivity (Wildman–Crippen MR) is 63.1 cm³/mol. The van der Waals surface area contributed by atoms with Gasteiger partial charge in [-0.3, -0.25) is 0 Å². The number of carbonyl (C=O) groups is 2. The van der Waals surface area contributed by atoms with E-state index in [1.807, 2.05) is 0 Å². The molecule has 98 valence electrons. The van der Waals surface area contributed by atoms with Gasteiger partial charge in [0, 0.05) is 5.69 Å². The second-order valence-electron chi connectivity index (χ2n) is 3.62. The van der Waals surface area contributed by atoms with Crippen molar-refractivity contribution in [3.8, 4) is 0 Å². The van der Waals surface area contributed by atoms with Crippen molar-refractivity contribution in [3.05, 3.63) is 29.6 Å². The Hall–Kier alpha value is -2.11. The van der Waals surface area contributed by atoms with E-state index in [1.54, 1.807) is 6.92 Å². The van der Waals surface area contributed by atoms with Crippen molar-refractivity contribution in [1.82, 2.24) is 0 Å². The van der Waals surface area contributed by atoms with E-state index < -0.39 is 23.8 Å². The molecule has 1 aromatic carbocycles. The summed E-state index contributed by atoms with van der Waals surface area (Å²) in [5.74, 6) is -2.36. The summed E-state index contributed by atoms with van der Waals surface area (Å²) in [5, 5.41) is 11.6. The first-order chi connectivity index (χ1) is 8.49. The summed E-state index contributed by atoms with van der Waals surface area (Å²) < 4.78 is 17.6. The van der Waals surface area contributed by atoms with Gasteiger partial charge in [0.25, 0.3) is 0 Å². The highest BCUT2D eigenvalue weighted by atomic mass is 19.1. The Bertz CT molecular complexity index is 461. The highest BCUT2D eigenvalue weighted by molar-refractivity contribution is 5.96. The molecule has 0 radical (unpaired) electrons. The minimum absolute atomic E-state index is 0.0304. The molecule has 1 atom stereocenters. The van der Waals surface area contributed by atoms with Gasteiger partial charge in [0.2, 0.25) is 0 Å². The van der Waals surface area contributed by atoms with Crippen LogP contribution in [0.15, 0.2) is 18.2 Å². The summed E-state index contributed by atoms with van der Waals surface area (Å²) in [6, 6.07) is 2.61. The first kappa shape index (κ1) is 14.0. The molecule has 0 aliphatic heterocycles. The molecule has 0 aliphatic rings. The van der Waals surface area contributed by atoms with Gasteiger partial charge >= 0.3 is 11.9 Å². The topological polar surface area (TPSA) is 75.6 Å². The molecule has 0 saturated carbocycles. The molecular weight excluding hydrogens is 241 g/mol. The number of anilines is 1. The number of benzene rings is 1. The smallest absolute Gasteiger partial charge is 0.340 e. The number of rotatable bonds is 5. The number of carboxylic acid groups (broad SMARTS) is 1. The molecule has 1 aromatic rings. The fourth-order valence-corrected chi connectivity index (χ4v) is 1.45. The largest absolute Gasteiger partial charge is 0.480 e. The predicted octanol–water partition coefficient (Wildman–Crippen LogP) is 1.89. The van der Waals surface area contributed by atoms with Crippen molar-refractivity contribution in [2.24, 2.45) is 0 Å². The number of ether oxygens (including phenoxy) is 1. The second kappa shape index (κ2) is 6.00. The fourth-order valence-electron chi connectivity index (χ4n) is 1.45. The van der Waals surface area contributed by atoms with Crippen molar-refractivity contribution in [3.63, 3.8) is 0 Å². The number of halogens is 1. The lowest BCUT2D eigenvalue weighted by Gasteiger charge is -2.16. The average molecular weight is 255 g/mol. The van der Waals surface area contributed by atoms with Crippen molar-refractivity contribution in [2.45, 2.75) is 19.4 Å². The molecule has 0 heterocycles. The Balaban J connectivity index is 3.08. The van der Waals surface area contributed by atoms with Gasteiger partial charge in [-0.25, -0.2) is 14.0 Å². The van der Waals surface area contributed by atoms with Gasteiger partial charge in [0.1, 0.15) is 11.9 Å². The number of nitrogens with one attached hydrogen (secondary N) is 1. The van der Waals surface area contributed by atoms with Crippen molar-refractivity contribution >= 4 is 17.6 Å². The van der Waals surface area contributed by atoms with Gasteiger partial charge in [-0.05, 0) is 24.6 Å². The molecule has 0 aromatic heterocycles.